The first kappa shape index (κ1) is 21.5. The number of fused-ring (bicyclic) bond motifs is 1. The van der Waals surface area contributed by atoms with Crippen molar-refractivity contribution in [2.75, 3.05) is 19.6 Å². The van der Waals surface area contributed by atoms with E-state index in [0.29, 0.717) is 49.5 Å². The summed E-state index contributed by atoms with van der Waals surface area (Å²) < 4.78 is 13.6. The fraction of sp³-hybridized carbons (Fsp3) is 0.840. The molecule has 1 heterocycles. The van der Waals surface area contributed by atoms with Crippen LogP contribution in [-0.4, -0.2) is 53.1 Å². The van der Waals surface area contributed by atoms with Crippen LogP contribution in [0.25, 0.3) is 0 Å². The van der Waals surface area contributed by atoms with Crippen molar-refractivity contribution in [3.05, 3.63) is 23.3 Å². The summed E-state index contributed by atoms with van der Waals surface area (Å²) in [7, 11) is 0. The molecular formula is C25H40FNO2. The van der Waals surface area contributed by atoms with Crippen LogP contribution in [0.1, 0.15) is 71.6 Å². The molecule has 0 spiro atoms. The highest BCUT2D eigenvalue weighted by Crippen LogP contribution is 2.59. The van der Waals surface area contributed by atoms with Crippen LogP contribution < -0.4 is 0 Å². The van der Waals surface area contributed by atoms with E-state index < -0.39 is 18.4 Å². The van der Waals surface area contributed by atoms with Crippen molar-refractivity contribution in [1.29, 1.82) is 0 Å². The van der Waals surface area contributed by atoms with Gasteiger partial charge in [0.2, 0.25) is 0 Å². The highest BCUT2D eigenvalue weighted by Gasteiger charge is 2.50. The predicted octanol–water partition coefficient (Wildman–Crippen LogP) is 4.64. The van der Waals surface area contributed by atoms with Gasteiger partial charge in [0.1, 0.15) is 6.17 Å². The zero-order chi connectivity index (χ0) is 20.6. The zero-order valence-electron chi connectivity index (χ0n) is 18.3. The number of hydrogen-bond donors (Lipinski definition) is 2. The van der Waals surface area contributed by atoms with Gasteiger partial charge < -0.3 is 15.1 Å². The second-order valence-corrected chi connectivity index (χ2v) is 10.7. The maximum absolute atomic E-state index is 13.6. The van der Waals surface area contributed by atoms with E-state index in [1.165, 1.54) is 37.7 Å². The minimum absolute atomic E-state index is 0.364. The third kappa shape index (κ3) is 4.65. The summed E-state index contributed by atoms with van der Waals surface area (Å²) in [6.45, 7) is 7.52. The summed E-state index contributed by atoms with van der Waals surface area (Å²) in [4.78, 5) is 2.34. The van der Waals surface area contributed by atoms with E-state index in [-0.39, 0.29) is 0 Å². The molecule has 0 aromatic heterocycles. The minimum atomic E-state index is -0.622. The van der Waals surface area contributed by atoms with Crippen molar-refractivity contribution in [3.8, 4) is 0 Å². The molecule has 4 rings (SSSR count). The molecular weight excluding hydrogens is 365 g/mol. The number of rotatable bonds is 4. The number of nitrogens with zero attached hydrogens (tertiary/aromatic N) is 1. The molecule has 0 amide bonds. The highest BCUT2D eigenvalue weighted by molar-refractivity contribution is 5.26. The lowest BCUT2D eigenvalue weighted by Crippen LogP contribution is -2.39. The Kier molecular flexibility index (Phi) is 6.53. The van der Waals surface area contributed by atoms with E-state index in [4.69, 9.17) is 0 Å². The molecule has 4 aliphatic rings. The van der Waals surface area contributed by atoms with E-state index in [0.717, 1.165) is 19.0 Å². The fourth-order valence-corrected chi connectivity index (χ4v) is 7.23. The summed E-state index contributed by atoms with van der Waals surface area (Å²) in [5.41, 5.74) is 3.14. The van der Waals surface area contributed by atoms with Gasteiger partial charge in [0, 0.05) is 19.6 Å². The Labute approximate surface area is 176 Å². The fourth-order valence-electron chi connectivity index (χ4n) is 7.23. The van der Waals surface area contributed by atoms with Crippen LogP contribution >= 0.6 is 0 Å². The molecule has 7 atom stereocenters. The molecule has 1 aliphatic heterocycles. The molecule has 0 aromatic carbocycles. The molecule has 3 saturated carbocycles. The normalized spacial score (nSPS) is 45.1. The molecule has 0 aromatic rings. The number of allylic oxidation sites excluding steroid dienone is 3. The second kappa shape index (κ2) is 8.80. The van der Waals surface area contributed by atoms with Crippen LogP contribution in [0.5, 0.6) is 0 Å². The molecule has 3 nitrogen and oxygen atoms in total. The van der Waals surface area contributed by atoms with E-state index in [2.05, 4.69) is 30.9 Å². The van der Waals surface area contributed by atoms with Crippen molar-refractivity contribution in [1.82, 2.24) is 4.90 Å². The standard InChI is InChI=1S/C25H40FNO2/c1-17(15-27-11-9-20(26)16-27)23-7-8-24-19(4-3-10-25(23,24)2)6-5-18-12-21(28)14-22(29)13-18/h5-6,17,20-24,28-29H,3-4,7-16H2,1-2H3/b18-5-,19-6+/t17-,20-,21+,22-,23+,24-,25+/m0/s1. The number of hydrogen-bond acceptors (Lipinski definition) is 3. The topological polar surface area (TPSA) is 43.7 Å². The SMILES string of the molecule is C[C@@H](CN1CC[C@H](F)C1)[C@H]1CC[C@H]2/C(=C/C=C3/C[C@@H](O)C[C@@H](O)C3)CCC[C@]12C. The Balaban J connectivity index is 1.44. The molecule has 0 unspecified atom stereocenters. The van der Waals surface area contributed by atoms with Gasteiger partial charge in [0.05, 0.1) is 12.2 Å². The monoisotopic (exact) mass is 405 g/mol. The Hall–Kier alpha value is -0.710. The van der Waals surface area contributed by atoms with Gasteiger partial charge in [-0.1, -0.05) is 37.1 Å². The van der Waals surface area contributed by atoms with Crippen molar-refractivity contribution in [2.24, 2.45) is 23.2 Å². The second-order valence-electron chi connectivity index (χ2n) is 10.7. The van der Waals surface area contributed by atoms with Crippen molar-refractivity contribution < 1.29 is 14.6 Å². The lowest BCUT2D eigenvalue weighted by atomic mass is 9.61. The molecule has 3 aliphatic carbocycles. The third-order valence-corrected chi connectivity index (χ3v) is 8.56. The number of halogens is 1. The Morgan fingerprint density at radius 2 is 1.93 bits per heavy atom. The van der Waals surface area contributed by atoms with E-state index in [1.54, 1.807) is 5.57 Å². The largest absolute Gasteiger partial charge is 0.393 e. The van der Waals surface area contributed by atoms with Crippen molar-refractivity contribution in [3.63, 3.8) is 0 Å². The Morgan fingerprint density at radius 3 is 2.62 bits per heavy atom. The summed E-state index contributed by atoms with van der Waals surface area (Å²) >= 11 is 0. The molecule has 164 valence electrons. The van der Waals surface area contributed by atoms with Gasteiger partial charge in [-0.25, -0.2) is 4.39 Å². The molecule has 0 radical (unpaired) electrons. The first-order valence-electron chi connectivity index (χ1n) is 12.0. The zero-order valence-corrected chi connectivity index (χ0v) is 18.3. The molecule has 0 bridgehead atoms. The van der Waals surface area contributed by atoms with Crippen LogP contribution in [-0.2, 0) is 0 Å². The molecule has 4 fully saturated rings. The van der Waals surface area contributed by atoms with Gasteiger partial charge in [-0.15, -0.1) is 0 Å². The maximum Gasteiger partial charge on any atom is 0.114 e. The summed E-state index contributed by atoms with van der Waals surface area (Å²) in [6, 6.07) is 0. The van der Waals surface area contributed by atoms with Gasteiger partial charge in [0.25, 0.3) is 0 Å². The molecule has 4 heteroatoms. The average Bonchev–Trinajstić information content (AvgIpc) is 3.21. The van der Waals surface area contributed by atoms with Crippen molar-refractivity contribution >= 4 is 0 Å². The van der Waals surface area contributed by atoms with E-state index in [1.807, 2.05) is 0 Å². The summed E-state index contributed by atoms with van der Waals surface area (Å²) in [5, 5.41) is 19.9. The van der Waals surface area contributed by atoms with Gasteiger partial charge in [-0.2, -0.15) is 0 Å². The van der Waals surface area contributed by atoms with Crippen LogP contribution in [0.3, 0.4) is 0 Å². The average molecular weight is 406 g/mol. The molecule has 2 N–H and O–H groups in total. The van der Waals surface area contributed by atoms with Crippen molar-refractivity contribution in [2.45, 2.75) is 90.0 Å². The number of aliphatic hydroxyl groups excluding tert-OH is 2. The highest BCUT2D eigenvalue weighted by atomic mass is 19.1. The van der Waals surface area contributed by atoms with Crippen LogP contribution in [0, 0.1) is 23.2 Å². The minimum Gasteiger partial charge on any atom is -0.393 e. The third-order valence-electron chi connectivity index (χ3n) is 8.56. The number of alkyl halides is 1. The van der Waals surface area contributed by atoms with E-state index in [9.17, 15) is 14.6 Å². The maximum atomic E-state index is 13.6. The van der Waals surface area contributed by atoms with Gasteiger partial charge in [-0.05, 0) is 81.0 Å². The predicted molar refractivity (Wildman–Crippen MR) is 115 cm³/mol. The van der Waals surface area contributed by atoms with Crippen LogP contribution in [0.2, 0.25) is 0 Å². The Bertz CT molecular complexity index is 635. The van der Waals surface area contributed by atoms with E-state index >= 15 is 0 Å². The van der Waals surface area contributed by atoms with Gasteiger partial charge in [0.15, 0.2) is 0 Å². The number of likely N-dealkylation sites (tertiary alicyclic amines) is 1. The lowest BCUT2D eigenvalue weighted by molar-refractivity contribution is 0.0609. The molecule has 1 saturated heterocycles. The lowest BCUT2D eigenvalue weighted by Gasteiger charge is -2.45. The van der Waals surface area contributed by atoms with Gasteiger partial charge >= 0.3 is 0 Å². The molecule has 29 heavy (non-hydrogen) atoms. The number of aliphatic hydroxyl groups is 2. The quantitative estimate of drug-likeness (QED) is 0.716. The first-order chi connectivity index (χ1) is 13.8. The van der Waals surface area contributed by atoms with Crippen LogP contribution in [0.4, 0.5) is 4.39 Å². The van der Waals surface area contributed by atoms with Crippen LogP contribution in [0.15, 0.2) is 23.3 Å². The first-order valence-corrected chi connectivity index (χ1v) is 12.0. The summed E-state index contributed by atoms with van der Waals surface area (Å²) in [5.74, 6) is 2.00. The smallest absolute Gasteiger partial charge is 0.114 e. The summed E-state index contributed by atoms with van der Waals surface area (Å²) in [6.07, 6.45) is 12.1. The Morgan fingerprint density at radius 1 is 1.17 bits per heavy atom. The van der Waals surface area contributed by atoms with Gasteiger partial charge in [-0.3, -0.25) is 0 Å².